The van der Waals surface area contributed by atoms with Gasteiger partial charge in [-0.05, 0) is 24.3 Å². The van der Waals surface area contributed by atoms with Crippen LogP contribution in [0, 0.1) is 0 Å². The second-order valence-electron chi connectivity index (χ2n) is 3.54. The summed E-state index contributed by atoms with van der Waals surface area (Å²) in [5.41, 5.74) is 0.944. The summed E-state index contributed by atoms with van der Waals surface area (Å²) in [6.45, 7) is 0. The van der Waals surface area contributed by atoms with Crippen LogP contribution < -0.4 is 0 Å². The molecule has 84 valence electrons. The van der Waals surface area contributed by atoms with Crippen molar-refractivity contribution in [2.75, 3.05) is 0 Å². The minimum atomic E-state index is -0.916. The van der Waals surface area contributed by atoms with Gasteiger partial charge in [-0.1, -0.05) is 6.07 Å². The van der Waals surface area contributed by atoms with Gasteiger partial charge in [-0.25, -0.2) is 9.78 Å². The van der Waals surface area contributed by atoms with Gasteiger partial charge in [-0.3, -0.25) is 0 Å². The van der Waals surface area contributed by atoms with Crippen molar-refractivity contribution < 1.29 is 9.90 Å². The molecule has 2 rings (SSSR count). The summed E-state index contributed by atoms with van der Waals surface area (Å²) in [4.78, 5) is 16.4. The van der Waals surface area contributed by atoms with E-state index in [1.54, 1.807) is 29.3 Å². The van der Waals surface area contributed by atoms with E-state index in [9.17, 15) is 4.79 Å². The van der Waals surface area contributed by atoms with Crippen LogP contribution in [0.4, 0.5) is 0 Å². The first-order chi connectivity index (χ1) is 7.68. The highest BCUT2D eigenvalue weighted by atomic mass is 32.1. The molecule has 2 aromatic heterocycles. The number of nitrogens with zero attached hydrogens (tertiary/aromatic N) is 2. The number of imidazole rings is 1. The third-order valence-electron chi connectivity index (χ3n) is 2.40. The summed E-state index contributed by atoms with van der Waals surface area (Å²) >= 11 is 1.68. The van der Waals surface area contributed by atoms with Crippen LogP contribution in [0.1, 0.15) is 21.1 Å². The van der Waals surface area contributed by atoms with Crippen molar-refractivity contribution in [1.82, 2.24) is 9.55 Å². The van der Waals surface area contributed by atoms with Gasteiger partial charge in [-0.2, -0.15) is 0 Å². The second-order valence-corrected chi connectivity index (χ2v) is 4.57. The quantitative estimate of drug-likeness (QED) is 0.883. The standard InChI is InChI=1S/C11H12N2O2S/c1-13-7-12-9(10(13)11(14)15)5-4-8-3-2-6-16-8/h2-3,6-7H,4-5H2,1H3,(H,14,15). The first-order valence-corrected chi connectivity index (χ1v) is 5.82. The molecule has 0 aromatic carbocycles. The lowest BCUT2D eigenvalue weighted by atomic mass is 10.2. The van der Waals surface area contributed by atoms with E-state index in [-0.39, 0.29) is 5.69 Å². The van der Waals surface area contributed by atoms with Crippen LogP contribution >= 0.6 is 11.3 Å². The molecule has 1 N–H and O–H groups in total. The molecule has 0 amide bonds. The van der Waals surface area contributed by atoms with Crippen molar-refractivity contribution in [2.24, 2.45) is 7.05 Å². The number of hydrogen-bond donors (Lipinski definition) is 1. The van der Waals surface area contributed by atoms with E-state index >= 15 is 0 Å². The van der Waals surface area contributed by atoms with E-state index in [1.807, 2.05) is 17.5 Å². The number of carbonyl (C=O) groups is 1. The molecule has 0 saturated heterocycles. The fourth-order valence-electron chi connectivity index (χ4n) is 1.63. The topological polar surface area (TPSA) is 55.1 Å². The first-order valence-electron chi connectivity index (χ1n) is 4.94. The van der Waals surface area contributed by atoms with Gasteiger partial charge in [0.15, 0.2) is 0 Å². The van der Waals surface area contributed by atoms with Gasteiger partial charge < -0.3 is 9.67 Å². The molecule has 0 aliphatic heterocycles. The summed E-state index contributed by atoms with van der Waals surface area (Å²) < 4.78 is 1.55. The Balaban J connectivity index is 2.13. The monoisotopic (exact) mass is 236 g/mol. The number of rotatable bonds is 4. The number of hydrogen-bond acceptors (Lipinski definition) is 3. The Kier molecular flexibility index (Phi) is 3.05. The molecule has 4 nitrogen and oxygen atoms in total. The molecule has 2 heterocycles. The molecule has 0 bridgehead atoms. The Labute approximate surface area is 97.2 Å². The summed E-state index contributed by atoms with van der Waals surface area (Å²) in [5, 5.41) is 11.1. The lowest BCUT2D eigenvalue weighted by Gasteiger charge is -2.00. The normalized spacial score (nSPS) is 10.6. The third kappa shape index (κ3) is 2.14. The molecule has 0 atom stereocenters. The maximum atomic E-state index is 11.0. The van der Waals surface area contributed by atoms with E-state index < -0.39 is 5.97 Å². The molecule has 0 radical (unpaired) electrons. The fraction of sp³-hybridized carbons (Fsp3) is 0.273. The smallest absolute Gasteiger partial charge is 0.354 e. The molecular weight excluding hydrogens is 224 g/mol. The van der Waals surface area contributed by atoms with Gasteiger partial charge in [0.05, 0.1) is 12.0 Å². The van der Waals surface area contributed by atoms with Crippen LogP contribution in [-0.2, 0) is 19.9 Å². The average molecular weight is 236 g/mol. The summed E-state index contributed by atoms with van der Waals surface area (Å²) in [7, 11) is 1.70. The van der Waals surface area contributed by atoms with Crippen molar-refractivity contribution in [3.8, 4) is 0 Å². The molecule has 0 aliphatic rings. The molecule has 0 spiro atoms. The molecule has 0 saturated carbocycles. The lowest BCUT2D eigenvalue weighted by Crippen LogP contribution is -2.07. The number of aryl methyl sites for hydroxylation is 3. The van der Waals surface area contributed by atoms with Crippen LogP contribution in [0.5, 0.6) is 0 Å². The van der Waals surface area contributed by atoms with Crippen LogP contribution in [0.15, 0.2) is 23.8 Å². The minimum Gasteiger partial charge on any atom is -0.477 e. The van der Waals surface area contributed by atoms with E-state index in [4.69, 9.17) is 5.11 Å². The predicted molar refractivity (Wildman–Crippen MR) is 61.9 cm³/mol. The first kappa shape index (κ1) is 10.9. The van der Waals surface area contributed by atoms with Gasteiger partial charge >= 0.3 is 5.97 Å². The van der Waals surface area contributed by atoms with Gasteiger partial charge in [0, 0.05) is 11.9 Å². The van der Waals surface area contributed by atoms with Crippen LogP contribution in [0.3, 0.4) is 0 Å². The van der Waals surface area contributed by atoms with Gasteiger partial charge in [0.25, 0.3) is 0 Å². The highest BCUT2D eigenvalue weighted by Gasteiger charge is 2.15. The molecule has 0 aliphatic carbocycles. The Morgan fingerprint density at radius 3 is 3.00 bits per heavy atom. The molecule has 0 fully saturated rings. The van der Waals surface area contributed by atoms with E-state index in [0.29, 0.717) is 12.1 Å². The second kappa shape index (κ2) is 4.49. The van der Waals surface area contributed by atoms with E-state index in [1.165, 1.54) is 4.88 Å². The maximum absolute atomic E-state index is 11.0. The van der Waals surface area contributed by atoms with Crippen LogP contribution in [0.25, 0.3) is 0 Å². The Bertz CT molecular complexity index is 488. The molecular formula is C11H12N2O2S. The predicted octanol–water partition coefficient (Wildman–Crippen LogP) is 1.97. The lowest BCUT2D eigenvalue weighted by molar-refractivity contribution is 0.0685. The highest BCUT2D eigenvalue weighted by molar-refractivity contribution is 7.09. The SMILES string of the molecule is Cn1cnc(CCc2cccs2)c1C(=O)O. The number of thiophene rings is 1. The zero-order chi connectivity index (χ0) is 11.5. The minimum absolute atomic E-state index is 0.288. The molecule has 2 aromatic rings. The largest absolute Gasteiger partial charge is 0.477 e. The number of carboxylic acids is 1. The molecule has 5 heteroatoms. The van der Waals surface area contributed by atoms with Crippen molar-refractivity contribution in [1.29, 1.82) is 0 Å². The molecule has 0 unspecified atom stereocenters. The zero-order valence-corrected chi connectivity index (χ0v) is 9.70. The van der Waals surface area contributed by atoms with E-state index in [2.05, 4.69) is 4.98 Å². The Morgan fingerprint density at radius 1 is 1.56 bits per heavy atom. The summed E-state index contributed by atoms with van der Waals surface area (Å²) in [6.07, 6.45) is 3.06. The van der Waals surface area contributed by atoms with Crippen LogP contribution in [0.2, 0.25) is 0 Å². The highest BCUT2D eigenvalue weighted by Crippen LogP contribution is 2.14. The third-order valence-corrected chi connectivity index (χ3v) is 3.34. The van der Waals surface area contributed by atoms with Crippen molar-refractivity contribution >= 4 is 17.3 Å². The van der Waals surface area contributed by atoms with Gasteiger partial charge in [-0.15, -0.1) is 11.3 Å². The number of aromatic nitrogens is 2. The maximum Gasteiger partial charge on any atom is 0.354 e. The van der Waals surface area contributed by atoms with Crippen molar-refractivity contribution in [2.45, 2.75) is 12.8 Å². The Hall–Kier alpha value is -1.62. The van der Waals surface area contributed by atoms with Crippen molar-refractivity contribution in [3.63, 3.8) is 0 Å². The summed E-state index contributed by atoms with van der Waals surface area (Å²) in [6, 6.07) is 4.05. The molecule has 16 heavy (non-hydrogen) atoms. The number of carboxylic acid groups (broad SMARTS) is 1. The van der Waals surface area contributed by atoms with Gasteiger partial charge in [0.2, 0.25) is 0 Å². The zero-order valence-electron chi connectivity index (χ0n) is 8.88. The van der Waals surface area contributed by atoms with E-state index in [0.717, 1.165) is 6.42 Å². The summed E-state index contributed by atoms with van der Waals surface area (Å²) in [5.74, 6) is -0.916. The Morgan fingerprint density at radius 2 is 2.38 bits per heavy atom. The fourth-order valence-corrected chi connectivity index (χ4v) is 2.34. The van der Waals surface area contributed by atoms with Crippen molar-refractivity contribution in [3.05, 3.63) is 40.1 Å². The van der Waals surface area contributed by atoms with Gasteiger partial charge in [0.1, 0.15) is 5.69 Å². The number of aromatic carboxylic acids is 1. The average Bonchev–Trinajstić information content (AvgIpc) is 2.83. The van der Waals surface area contributed by atoms with Crippen LogP contribution in [-0.4, -0.2) is 20.6 Å².